The molecule has 10 heavy (non-hydrogen) atoms. The average Bonchev–Trinajstić information content (AvgIpc) is 1.88. The monoisotopic (exact) mass is 157 g/mol. The lowest BCUT2D eigenvalue weighted by atomic mass is 10.8. The number of hydrogen-bond acceptors (Lipinski definition) is 4. The van der Waals surface area contributed by atoms with Gasteiger partial charge in [-0.3, -0.25) is 0 Å². The summed E-state index contributed by atoms with van der Waals surface area (Å²) in [5, 5.41) is -0.116. The van der Waals surface area contributed by atoms with E-state index in [0.29, 0.717) is 0 Å². The van der Waals surface area contributed by atoms with E-state index in [1.165, 1.54) is 12.4 Å². The Morgan fingerprint density at radius 3 is 2.50 bits per heavy atom. The van der Waals surface area contributed by atoms with Gasteiger partial charge in [-0.25, -0.2) is 18.4 Å². The largest absolute Gasteiger partial charge is 0.250 e. The Labute approximate surface area is 58.9 Å². The quantitative estimate of drug-likeness (QED) is 0.560. The van der Waals surface area contributed by atoms with E-state index in [9.17, 15) is 8.42 Å². The van der Waals surface area contributed by atoms with E-state index in [0.717, 1.165) is 6.26 Å². The van der Waals surface area contributed by atoms with E-state index in [2.05, 4.69) is 16.2 Å². The molecule has 1 radical (unpaired) electrons. The summed E-state index contributed by atoms with van der Waals surface area (Å²) < 4.78 is 21.4. The van der Waals surface area contributed by atoms with E-state index >= 15 is 0 Å². The van der Waals surface area contributed by atoms with Crippen LogP contribution in [0.5, 0.6) is 0 Å². The first-order chi connectivity index (χ1) is 4.61. The first-order valence-electron chi connectivity index (χ1n) is 2.49. The van der Waals surface area contributed by atoms with Gasteiger partial charge in [-0.1, -0.05) is 0 Å². The van der Waals surface area contributed by atoms with Crippen LogP contribution in [0.2, 0.25) is 0 Å². The molecule has 0 amide bonds. The highest BCUT2D eigenvalue weighted by atomic mass is 32.2. The van der Waals surface area contributed by atoms with Gasteiger partial charge in [0.25, 0.3) is 0 Å². The molecular formula is C5H5N2O2S. The van der Waals surface area contributed by atoms with Crippen LogP contribution in [0.25, 0.3) is 0 Å². The lowest BCUT2D eigenvalue weighted by Crippen LogP contribution is -2.00. The van der Waals surface area contributed by atoms with E-state index in [-0.39, 0.29) is 5.03 Å². The van der Waals surface area contributed by atoms with Crippen LogP contribution in [0.4, 0.5) is 0 Å². The van der Waals surface area contributed by atoms with Gasteiger partial charge in [-0.2, -0.15) is 0 Å². The zero-order valence-corrected chi connectivity index (χ0v) is 6.09. The molecule has 0 aliphatic rings. The molecule has 0 saturated carbocycles. The molecule has 1 aromatic heterocycles. The van der Waals surface area contributed by atoms with Crippen molar-refractivity contribution in [2.75, 3.05) is 6.26 Å². The third-order valence-corrected chi connectivity index (χ3v) is 1.74. The summed E-state index contributed by atoms with van der Waals surface area (Å²) in [7, 11) is -3.23. The minimum Gasteiger partial charge on any atom is -0.250 e. The van der Waals surface area contributed by atoms with Gasteiger partial charge in [-0.15, -0.1) is 0 Å². The van der Waals surface area contributed by atoms with Crippen molar-refractivity contribution in [2.45, 2.75) is 5.03 Å². The van der Waals surface area contributed by atoms with Gasteiger partial charge in [-0.05, 0) is 0 Å². The third kappa shape index (κ3) is 1.51. The van der Waals surface area contributed by atoms with Gasteiger partial charge in [0.2, 0.25) is 0 Å². The van der Waals surface area contributed by atoms with Crippen LogP contribution in [0.3, 0.4) is 0 Å². The molecule has 0 saturated heterocycles. The Kier molecular flexibility index (Phi) is 1.67. The van der Waals surface area contributed by atoms with Crippen molar-refractivity contribution in [1.82, 2.24) is 9.97 Å². The molecule has 1 rings (SSSR count). The number of aromatic nitrogens is 2. The third-order valence-electron chi connectivity index (χ3n) is 0.844. The first-order valence-corrected chi connectivity index (χ1v) is 4.38. The number of sulfone groups is 1. The normalized spacial score (nSPS) is 11.3. The molecule has 0 aliphatic carbocycles. The zero-order chi connectivity index (χ0) is 7.61. The standard InChI is InChI=1S/C5H5N2O2S/c1-10(8,9)5-4-6-2-3-7-5/h2-3H,1H3. The first kappa shape index (κ1) is 7.14. The van der Waals surface area contributed by atoms with Gasteiger partial charge in [0.1, 0.15) is 6.20 Å². The van der Waals surface area contributed by atoms with Crippen molar-refractivity contribution in [3.63, 3.8) is 0 Å². The van der Waals surface area contributed by atoms with Gasteiger partial charge >= 0.3 is 0 Å². The Balaban J connectivity index is 3.22. The molecule has 5 heteroatoms. The molecule has 0 aromatic carbocycles. The van der Waals surface area contributed by atoms with E-state index < -0.39 is 9.84 Å². The van der Waals surface area contributed by atoms with Crippen LogP contribution in [0.15, 0.2) is 17.4 Å². The average molecular weight is 157 g/mol. The van der Waals surface area contributed by atoms with Crippen LogP contribution in [0.1, 0.15) is 0 Å². The second-order valence-corrected chi connectivity index (χ2v) is 3.68. The summed E-state index contributed by atoms with van der Waals surface area (Å²) in [5.41, 5.74) is 0. The summed E-state index contributed by atoms with van der Waals surface area (Å²) in [5.74, 6) is 0. The maximum absolute atomic E-state index is 10.7. The maximum atomic E-state index is 10.7. The highest BCUT2D eigenvalue weighted by Gasteiger charge is 2.06. The fourth-order valence-corrected chi connectivity index (χ4v) is 0.905. The predicted molar refractivity (Wildman–Crippen MR) is 34.0 cm³/mol. The van der Waals surface area contributed by atoms with Crippen LogP contribution < -0.4 is 0 Å². The lowest BCUT2D eigenvalue weighted by Gasteiger charge is -1.90. The van der Waals surface area contributed by atoms with Crippen LogP contribution in [-0.2, 0) is 9.84 Å². The summed E-state index contributed by atoms with van der Waals surface area (Å²) in [6, 6.07) is 0. The Morgan fingerprint density at radius 1 is 1.50 bits per heavy atom. The molecule has 0 atom stereocenters. The fourth-order valence-electron chi connectivity index (χ4n) is 0.434. The van der Waals surface area contributed by atoms with Crippen molar-refractivity contribution in [3.05, 3.63) is 18.6 Å². The minimum absolute atomic E-state index is 0.116. The minimum atomic E-state index is -3.23. The molecule has 0 unspecified atom stereocenters. The second-order valence-electron chi connectivity index (χ2n) is 1.75. The van der Waals surface area contributed by atoms with Crippen molar-refractivity contribution >= 4 is 9.84 Å². The summed E-state index contributed by atoms with van der Waals surface area (Å²) in [6.07, 6.45) is 6.00. The van der Waals surface area contributed by atoms with E-state index in [1.807, 2.05) is 0 Å². The molecule has 4 nitrogen and oxygen atoms in total. The molecule has 0 spiro atoms. The van der Waals surface area contributed by atoms with Crippen molar-refractivity contribution in [3.8, 4) is 0 Å². The zero-order valence-electron chi connectivity index (χ0n) is 5.27. The number of rotatable bonds is 1. The summed E-state index contributed by atoms with van der Waals surface area (Å²) >= 11 is 0. The number of hydrogen-bond donors (Lipinski definition) is 0. The molecule has 0 fully saturated rings. The predicted octanol–water partition coefficient (Wildman–Crippen LogP) is -0.320. The van der Waals surface area contributed by atoms with Gasteiger partial charge in [0.15, 0.2) is 14.9 Å². The summed E-state index contributed by atoms with van der Waals surface area (Å²) in [6.45, 7) is 0. The van der Waals surface area contributed by atoms with Gasteiger partial charge in [0.05, 0.1) is 0 Å². The highest BCUT2D eigenvalue weighted by Crippen LogP contribution is 1.97. The van der Waals surface area contributed by atoms with Crippen LogP contribution in [-0.4, -0.2) is 24.6 Å². The Morgan fingerprint density at radius 2 is 2.20 bits per heavy atom. The molecule has 0 bridgehead atoms. The van der Waals surface area contributed by atoms with E-state index in [4.69, 9.17) is 0 Å². The SMILES string of the molecule is CS(=O)(=O)c1[c]nccn1. The molecule has 1 heterocycles. The van der Waals surface area contributed by atoms with Crippen LogP contribution in [0, 0.1) is 6.20 Å². The smallest absolute Gasteiger partial charge is 0.195 e. The van der Waals surface area contributed by atoms with Gasteiger partial charge in [0, 0.05) is 18.6 Å². The molecular weight excluding hydrogens is 152 g/mol. The van der Waals surface area contributed by atoms with Crippen molar-refractivity contribution in [2.24, 2.45) is 0 Å². The Bertz CT molecular complexity index is 306. The fraction of sp³-hybridized carbons (Fsp3) is 0.200. The second kappa shape index (κ2) is 2.34. The molecule has 0 N–H and O–H groups in total. The lowest BCUT2D eigenvalue weighted by molar-refractivity contribution is 0.597. The van der Waals surface area contributed by atoms with E-state index in [1.54, 1.807) is 0 Å². The summed E-state index contributed by atoms with van der Waals surface area (Å²) in [4.78, 5) is 7.03. The number of nitrogens with zero attached hydrogens (tertiary/aromatic N) is 2. The van der Waals surface area contributed by atoms with Crippen molar-refractivity contribution < 1.29 is 8.42 Å². The topological polar surface area (TPSA) is 59.9 Å². The molecule has 53 valence electrons. The Hall–Kier alpha value is -0.970. The molecule has 0 aliphatic heterocycles. The highest BCUT2D eigenvalue weighted by molar-refractivity contribution is 7.90. The van der Waals surface area contributed by atoms with Gasteiger partial charge < -0.3 is 0 Å². The van der Waals surface area contributed by atoms with Crippen molar-refractivity contribution in [1.29, 1.82) is 0 Å². The maximum Gasteiger partial charge on any atom is 0.195 e. The van der Waals surface area contributed by atoms with Crippen LogP contribution >= 0.6 is 0 Å². The molecule has 1 aromatic rings.